The summed E-state index contributed by atoms with van der Waals surface area (Å²) in [4.78, 5) is 28.2. The molecule has 4 heteroatoms. The molecule has 0 aliphatic carbocycles. The highest BCUT2D eigenvalue weighted by Crippen LogP contribution is 2.22. The van der Waals surface area contributed by atoms with E-state index in [4.69, 9.17) is 0 Å². The molecule has 0 aromatic heterocycles. The van der Waals surface area contributed by atoms with Gasteiger partial charge in [-0.15, -0.1) is 0 Å². The smallest absolute Gasteiger partial charge is 0.261 e. The maximum Gasteiger partial charge on any atom is 0.261 e. The van der Waals surface area contributed by atoms with Crippen molar-refractivity contribution in [2.75, 3.05) is 13.1 Å². The van der Waals surface area contributed by atoms with Gasteiger partial charge in [0, 0.05) is 25.2 Å². The Kier molecular flexibility index (Phi) is 4.78. The van der Waals surface area contributed by atoms with Crippen LogP contribution in [0.25, 0.3) is 0 Å². The summed E-state index contributed by atoms with van der Waals surface area (Å²) in [7, 11) is 0. The number of amides is 2. The van der Waals surface area contributed by atoms with Crippen molar-refractivity contribution >= 4 is 11.8 Å². The second-order valence-corrected chi connectivity index (χ2v) is 6.09. The van der Waals surface area contributed by atoms with E-state index in [9.17, 15) is 9.59 Å². The lowest BCUT2D eigenvalue weighted by Gasteiger charge is -2.30. The molecule has 2 rings (SSSR count). The van der Waals surface area contributed by atoms with Crippen LogP contribution >= 0.6 is 0 Å². The molecule has 1 aromatic rings. The van der Waals surface area contributed by atoms with Crippen LogP contribution in [0.1, 0.15) is 54.8 Å². The minimum Gasteiger partial charge on any atom is -0.298 e. The fourth-order valence-corrected chi connectivity index (χ4v) is 2.97. The molecule has 114 valence electrons. The molecule has 0 radical (unpaired) electrons. The largest absolute Gasteiger partial charge is 0.298 e. The fourth-order valence-electron chi connectivity index (χ4n) is 2.97. The van der Waals surface area contributed by atoms with E-state index in [1.54, 1.807) is 24.3 Å². The zero-order chi connectivity index (χ0) is 15.6. The standard InChI is InChI=1S/C17H24N2O2/c1-12(2)18(13(3)4)10-7-11-19-16(20)14-8-5-6-9-15(14)17(19)21/h5-6,8-9,12-13H,7,10-11H2,1-4H3. The first-order valence-corrected chi connectivity index (χ1v) is 7.64. The van der Waals surface area contributed by atoms with Crippen LogP contribution in [0.5, 0.6) is 0 Å². The second kappa shape index (κ2) is 6.39. The number of imide groups is 1. The van der Waals surface area contributed by atoms with Crippen LogP contribution in [-0.4, -0.2) is 46.8 Å². The van der Waals surface area contributed by atoms with Gasteiger partial charge in [-0.3, -0.25) is 19.4 Å². The van der Waals surface area contributed by atoms with Crippen LogP contribution in [0.2, 0.25) is 0 Å². The van der Waals surface area contributed by atoms with Crippen LogP contribution in [0, 0.1) is 0 Å². The fraction of sp³-hybridized carbons (Fsp3) is 0.529. The second-order valence-electron chi connectivity index (χ2n) is 6.09. The van der Waals surface area contributed by atoms with E-state index in [1.807, 2.05) is 0 Å². The van der Waals surface area contributed by atoms with Crippen molar-refractivity contribution in [3.05, 3.63) is 35.4 Å². The van der Waals surface area contributed by atoms with Gasteiger partial charge in [-0.1, -0.05) is 12.1 Å². The third-order valence-corrected chi connectivity index (χ3v) is 4.00. The highest BCUT2D eigenvalue weighted by atomic mass is 16.2. The number of carbonyl (C=O) groups is 2. The van der Waals surface area contributed by atoms with Gasteiger partial charge >= 0.3 is 0 Å². The van der Waals surface area contributed by atoms with Crippen LogP contribution in [-0.2, 0) is 0 Å². The van der Waals surface area contributed by atoms with Crippen molar-refractivity contribution in [2.45, 2.75) is 46.2 Å². The topological polar surface area (TPSA) is 40.6 Å². The Morgan fingerprint density at radius 2 is 1.43 bits per heavy atom. The molecule has 1 heterocycles. The lowest BCUT2D eigenvalue weighted by Crippen LogP contribution is -2.39. The average Bonchev–Trinajstić information content (AvgIpc) is 2.67. The molecule has 0 saturated carbocycles. The van der Waals surface area contributed by atoms with Crippen LogP contribution in [0.3, 0.4) is 0 Å². The molecule has 2 amide bonds. The van der Waals surface area contributed by atoms with Gasteiger partial charge in [0.1, 0.15) is 0 Å². The lowest BCUT2D eigenvalue weighted by molar-refractivity contribution is 0.0642. The number of hydrogen-bond donors (Lipinski definition) is 0. The van der Waals surface area contributed by atoms with Crippen LogP contribution < -0.4 is 0 Å². The number of rotatable bonds is 6. The molecule has 0 bridgehead atoms. The highest BCUT2D eigenvalue weighted by molar-refractivity contribution is 6.21. The van der Waals surface area contributed by atoms with Gasteiger partial charge in [0.05, 0.1) is 11.1 Å². The number of nitrogens with zero attached hydrogens (tertiary/aromatic N) is 2. The number of benzene rings is 1. The van der Waals surface area contributed by atoms with Crippen LogP contribution in [0.4, 0.5) is 0 Å². The van der Waals surface area contributed by atoms with Crippen LogP contribution in [0.15, 0.2) is 24.3 Å². The summed E-state index contributed by atoms with van der Waals surface area (Å²) in [6.07, 6.45) is 0.807. The Hall–Kier alpha value is -1.68. The van der Waals surface area contributed by atoms with Gasteiger partial charge in [0.2, 0.25) is 0 Å². The number of hydrogen-bond acceptors (Lipinski definition) is 3. The van der Waals surface area contributed by atoms with Crippen molar-refractivity contribution in [3.63, 3.8) is 0 Å². The van der Waals surface area contributed by atoms with E-state index in [-0.39, 0.29) is 11.8 Å². The molecule has 0 spiro atoms. The summed E-state index contributed by atoms with van der Waals surface area (Å²) in [5.74, 6) is -0.313. The Labute approximate surface area is 126 Å². The first kappa shape index (κ1) is 15.7. The molecule has 4 nitrogen and oxygen atoms in total. The van der Waals surface area contributed by atoms with E-state index in [1.165, 1.54) is 4.90 Å². The van der Waals surface area contributed by atoms with Gasteiger partial charge < -0.3 is 0 Å². The molecule has 1 aromatic carbocycles. The van der Waals surface area contributed by atoms with Crippen molar-refractivity contribution < 1.29 is 9.59 Å². The van der Waals surface area contributed by atoms with E-state index in [0.717, 1.165) is 13.0 Å². The van der Waals surface area contributed by atoms with Crippen molar-refractivity contribution in [1.82, 2.24) is 9.80 Å². The maximum atomic E-state index is 12.2. The van der Waals surface area contributed by atoms with E-state index in [0.29, 0.717) is 29.8 Å². The number of fused-ring (bicyclic) bond motifs is 1. The predicted molar refractivity (Wildman–Crippen MR) is 83.4 cm³/mol. The van der Waals surface area contributed by atoms with Crippen molar-refractivity contribution in [2.24, 2.45) is 0 Å². The first-order chi connectivity index (χ1) is 9.93. The van der Waals surface area contributed by atoms with Gasteiger partial charge in [-0.05, 0) is 46.2 Å². The molecule has 0 atom stereocenters. The lowest BCUT2D eigenvalue weighted by atomic mass is 10.1. The minimum absolute atomic E-state index is 0.156. The summed E-state index contributed by atoms with van der Waals surface area (Å²) < 4.78 is 0. The molecule has 0 N–H and O–H groups in total. The Balaban J connectivity index is 1.97. The van der Waals surface area contributed by atoms with Crippen molar-refractivity contribution in [3.8, 4) is 0 Å². The summed E-state index contributed by atoms with van der Waals surface area (Å²) in [5.41, 5.74) is 1.07. The van der Waals surface area contributed by atoms with Gasteiger partial charge in [0.25, 0.3) is 11.8 Å². The van der Waals surface area contributed by atoms with Gasteiger partial charge in [-0.25, -0.2) is 0 Å². The zero-order valence-electron chi connectivity index (χ0n) is 13.3. The monoisotopic (exact) mass is 288 g/mol. The molecule has 21 heavy (non-hydrogen) atoms. The normalized spacial score (nSPS) is 14.7. The predicted octanol–water partition coefficient (Wildman–Crippen LogP) is 2.79. The molecule has 0 saturated heterocycles. The third kappa shape index (κ3) is 3.16. The Bertz CT molecular complexity index is 494. The first-order valence-electron chi connectivity index (χ1n) is 7.64. The summed E-state index contributed by atoms with van der Waals surface area (Å²) in [5, 5.41) is 0. The van der Waals surface area contributed by atoms with E-state index in [2.05, 4.69) is 32.6 Å². The molecule has 0 fully saturated rings. The SMILES string of the molecule is CC(C)N(CCCN1C(=O)c2ccccc2C1=O)C(C)C. The van der Waals surface area contributed by atoms with E-state index < -0.39 is 0 Å². The highest BCUT2D eigenvalue weighted by Gasteiger charge is 2.34. The number of carbonyl (C=O) groups excluding carboxylic acids is 2. The Morgan fingerprint density at radius 3 is 1.86 bits per heavy atom. The summed E-state index contributed by atoms with van der Waals surface area (Å²) >= 11 is 0. The van der Waals surface area contributed by atoms with Crippen molar-refractivity contribution in [1.29, 1.82) is 0 Å². The maximum absolute atomic E-state index is 12.2. The molecular formula is C17H24N2O2. The molecular weight excluding hydrogens is 264 g/mol. The molecule has 0 unspecified atom stereocenters. The van der Waals surface area contributed by atoms with E-state index >= 15 is 0 Å². The average molecular weight is 288 g/mol. The van der Waals surface area contributed by atoms with Gasteiger partial charge in [-0.2, -0.15) is 0 Å². The Morgan fingerprint density at radius 1 is 0.952 bits per heavy atom. The molecule has 1 aliphatic rings. The summed E-state index contributed by atoms with van der Waals surface area (Å²) in [6.45, 7) is 10.1. The van der Waals surface area contributed by atoms with Gasteiger partial charge in [0.15, 0.2) is 0 Å². The third-order valence-electron chi connectivity index (χ3n) is 4.00. The minimum atomic E-state index is -0.156. The summed E-state index contributed by atoms with van der Waals surface area (Å²) in [6, 6.07) is 7.98. The quantitative estimate of drug-likeness (QED) is 0.756. The zero-order valence-corrected chi connectivity index (χ0v) is 13.3. The molecule has 1 aliphatic heterocycles.